The molecule has 1 heterocycles. The second-order valence-corrected chi connectivity index (χ2v) is 4.64. The molecule has 1 rings (SSSR count). The Bertz CT molecular complexity index is 374. The molecule has 1 N–H and O–H groups in total. The normalized spacial score (nSPS) is 11.4. The molecule has 0 unspecified atom stereocenters. The fraction of sp³-hybridized carbons (Fsp3) is 0.615. The van der Waals surface area contributed by atoms with E-state index in [-0.39, 0.29) is 5.56 Å². The van der Waals surface area contributed by atoms with Gasteiger partial charge < -0.3 is 14.4 Å². The van der Waals surface area contributed by atoms with Crippen LogP contribution >= 0.6 is 0 Å². The number of likely N-dealkylation sites (N-methyl/N-ethyl adjacent to an activating group) is 1. The standard InChI is InChI=1S/C13H22N2O3/c1-4-6-15(8-7-14(2)3)10-12-11(13(16)17)5-9-18-12/h5,9H,4,6-8,10H2,1-3H3,(H,16,17). The summed E-state index contributed by atoms with van der Waals surface area (Å²) < 4.78 is 5.27. The number of hydrogen-bond donors (Lipinski definition) is 1. The minimum absolute atomic E-state index is 0.265. The Morgan fingerprint density at radius 3 is 2.61 bits per heavy atom. The molecule has 0 saturated heterocycles. The van der Waals surface area contributed by atoms with Crippen LogP contribution in [-0.2, 0) is 6.54 Å². The van der Waals surface area contributed by atoms with Crippen LogP contribution in [0.3, 0.4) is 0 Å². The molecule has 0 atom stereocenters. The highest BCUT2D eigenvalue weighted by atomic mass is 16.4. The van der Waals surface area contributed by atoms with Gasteiger partial charge in [-0.2, -0.15) is 0 Å². The molecular formula is C13H22N2O3. The summed E-state index contributed by atoms with van der Waals surface area (Å²) in [6, 6.07) is 1.51. The van der Waals surface area contributed by atoms with Crippen LogP contribution in [0.25, 0.3) is 0 Å². The van der Waals surface area contributed by atoms with E-state index in [1.165, 1.54) is 12.3 Å². The molecule has 102 valence electrons. The Kier molecular flexibility index (Phi) is 5.88. The van der Waals surface area contributed by atoms with Crippen molar-refractivity contribution < 1.29 is 14.3 Å². The number of carboxylic acids is 1. The highest BCUT2D eigenvalue weighted by molar-refractivity contribution is 5.88. The van der Waals surface area contributed by atoms with E-state index in [0.29, 0.717) is 12.3 Å². The summed E-state index contributed by atoms with van der Waals surface area (Å²) in [5, 5.41) is 9.03. The van der Waals surface area contributed by atoms with Gasteiger partial charge in [-0.15, -0.1) is 0 Å². The summed E-state index contributed by atoms with van der Waals surface area (Å²) in [6.45, 7) is 5.45. The Morgan fingerprint density at radius 2 is 2.06 bits per heavy atom. The van der Waals surface area contributed by atoms with Gasteiger partial charge in [0.1, 0.15) is 11.3 Å². The molecular weight excluding hydrogens is 232 g/mol. The predicted octanol–water partition coefficient (Wildman–Crippen LogP) is 1.75. The molecule has 0 saturated carbocycles. The number of rotatable bonds is 8. The predicted molar refractivity (Wildman–Crippen MR) is 69.8 cm³/mol. The van der Waals surface area contributed by atoms with Gasteiger partial charge in [-0.05, 0) is 33.1 Å². The molecule has 0 spiro atoms. The summed E-state index contributed by atoms with van der Waals surface area (Å²) in [6.07, 6.45) is 2.48. The fourth-order valence-electron chi connectivity index (χ4n) is 1.78. The Morgan fingerprint density at radius 1 is 1.33 bits per heavy atom. The van der Waals surface area contributed by atoms with Gasteiger partial charge >= 0.3 is 5.97 Å². The van der Waals surface area contributed by atoms with Crippen molar-refractivity contribution in [3.05, 3.63) is 23.7 Å². The number of nitrogens with zero attached hydrogens (tertiary/aromatic N) is 2. The van der Waals surface area contributed by atoms with Gasteiger partial charge in [0.15, 0.2) is 0 Å². The van der Waals surface area contributed by atoms with Crippen LogP contribution in [0.5, 0.6) is 0 Å². The topological polar surface area (TPSA) is 56.9 Å². The second-order valence-electron chi connectivity index (χ2n) is 4.64. The lowest BCUT2D eigenvalue weighted by Gasteiger charge is -2.22. The molecule has 0 aliphatic heterocycles. The molecule has 18 heavy (non-hydrogen) atoms. The maximum Gasteiger partial charge on any atom is 0.339 e. The van der Waals surface area contributed by atoms with Crippen molar-refractivity contribution in [3.63, 3.8) is 0 Å². The first-order valence-electron chi connectivity index (χ1n) is 6.21. The van der Waals surface area contributed by atoms with Gasteiger partial charge in [-0.1, -0.05) is 6.92 Å². The molecule has 5 heteroatoms. The number of carboxylic acid groups (broad SMARTS) is 1. The van der Waals surface area contributed by atoms with Crippen LogP contribution in [0.15, 0.2) is 16.7 Å². The van der Waals surface area contributed by atoms with E-state index in [1.807, 2.05) is 14.1 Å². The summed E-state index contributed by atoms with van der Waals surface area (Å²) in [4.78, 5) is 15.3. The highest BCUT2D eigenvalue weighted by Gasteiger charge is 2.16. The monoisotopic (exact) mass is 254 g/mol. The van der Waals surface area contributed by atoms with Crippen molar-refractivity contribution in [1.29, 1.82) is 0 Å². The van der Waals surface area contributed by atoms with Crippen molar-refractivity contribution >= 4 is 5.97 Å². The zero-order valence-corrected chi connectivity index (χ0v) is 11.3. The van der Waals surface area contributed by atoms with Crippen LogP contribution < -0.4 is 0 Å². The average Bonchev–Trinajstić information content (AvgIpc) is 2.74. The molecule has 0 aromatic carbocycles. The van der Waals surface area contributed by atoms with E-state index in [4.69, 9.17) is 9.52 Å². The molecule has 0 bridgehead atoms. The van der Waals surface area contributed by atoms with E-state index in [0.717, 1.165) is 26.1 Å². The number of hydrogen-bond acceptors (Lipinski definition) is 4. The Hall–Kier alpha value is -1.33. The van der Waals surface area contributed by atoms with Crippen LogP contribution in [0.4, 0.5) is 0 Å². The van der Waals surface area contributed by atoms with Crippen LogP contribution in [0, 0.1) is 0 Å². The number of furan rings is 1. The molecule has 5 nitrogen and oxygen atoms in total. The van der Waals surface area contributed by atoms with Crippen LogP contribution in [-0.4, -0.2) is 54.6 Å². The van der Waals surface area contributed by atoms with Gasteiger partial charge in [0.2, 0.25) is 0 Å². The first-order valence-corrected chi connectivity index (χ1v) is 6.21. The summed E-state index contributed by atoms with van der Waals surface area (Å²) >= 11 is 0. The maximum absolute atomic E-state index is 11.0. The summed E-state index contributed by atoms with van der Waals surface area (Å²) in [5.74, 6) is -0.391. The van der Waals surface area contributed by atoms with Crippen molar-refractivity contribution in [2.24, 2.45) is 0 Å². The van der Waals surface area contributed by atoms with Gasteiger partial charge in [-0.25, -0.2) is 4.79 Å². The maximum atomic E-state index is 11.0. The summed E-state index contributed by atoms with van der Waals surface area (Å²) in [5.41, 5.74) is 0.265. The first-order chi connectivity index (χ1) is 8.54. The lowest BCUT2D eigenvalue weighted by atomic mass is 10.2. The van der Waals surface area contributed by atoms with Crippen molar-refractivity contribution in [1.82, 2.24) is 9.80 Å². The third kappa shape index (κ3) is 4.50. The molecule has 0 radical (unpaired) electrons. The van der Waals surface area contributed by atoms with Crippen molar-refractivity contribution in [2.45, 2.75) is 19.9 Å². The first kappa shape index (κ1) is 14.7. The lowest BCUT2D eigenvalue weighted by Crippen LogP contribution is -2.32. The zero-order valence-electron chi connectivity index (χ0n) is 11.3. The largest absolute Gasteiger partial charge is 0.478 e. The molecule has 1 aromatic rings. The average molecular weight is 254 g/mol. The number of aromatic carboxylic acids is 1. The summed E-state index contributed by atoms with van der Waals surface area (Å²) in [7, 11) is 4.05. The van der Waals surface area contributed by atoms with E-state index in [1.54, 1.807) is 0 Å². The molecule has 0 aliphatic rings. The SMILES string of the molecule is CCCN(CCN(C)C)Cc1occc1C(=O)O. The minimum atomic E-state index is -0.928. The fourth-order valence-corrected chi connectivity index (χ4v) is 1.78. The third-order valence-electron chi connectivity index (χ3n) is 2.75. The number of carbonyl (C=O) groups is 1. The Balaban J connectivity index is 2.64. The van der Waals surface area contributed by atoms with Crippen molar-refractivity contribution in [3.8, 4) is 0 Å². The van der Waals surface area contributed by atoms with E-state index in [9.17, 15) is 4.79 Å². The van der Waals surface area contributed by atoms with Gasteiger partial charge in [0, 0.05) is 13.1 Å². The van der Waals surface area contributed by atoms with Gasteiger partial charge in [-0.3, -0.25) is 4.90 Å². The molecule has 0 aliphatic carbocycles. The molecule has 0 fully saturated rings. The van der Waals surface area contributed by atoms with Crippen LogP contribution in [0.2, 0.25) is 0 Å². The van der Waals surface area contributed by atoms with Gasteiger partial charge in [0.05, 0.1) is 12.8 Å². The molecule has 1 aromatic heterocycles. The Labute approximate surface area is 108 Å². The zero-order chi connectivity index (χ0) is 13.5. The van der Waals surface area contributed by atoms with E-state index < -0.39 is 5.97 Å². The van der Waals surface area contributed by atoms with Gasteiger partial charge in [0.25, 0.3) is 0 Å². The quantitative estimate of drug-likeness (QED) is 0.766. The van der Waals surface area contributed by atoms with Crippen LogP contribution in [0.1, 0.15) is 29.5 Å². The van der Waals surface area contributed by atoms with Crippen molar-refractivity contribution in [2.75, 3.05) is 33.7 Å². The smallest absolute Gasteiger partial charge is 0.339 e. The van der Waals surface area contributed by atoms with E-state index in [2.05, 4.69) is 16.7 Å². The third-order valence-corrected chi connectivity index (χ3v) is 2.75. The van der Waals surface area contributed by atoms with E-state index >= 15 is 0 Å². The lowest BCUT2D eigenvalue weighted by molar-refractivity contribution is 0.0692. The molecule has 0 amide bonds. The minimum Gasteiger partial charge on any atom is -0.478 e. The second kappa shape index (κ2) is 7.18. The highest BCUT2D eigenvalue weighted by Crippen LogP contribution is 2.13.